The number of nitrogens with two attached hydrogens (primary N) is 1. The van der Waals surface area contributed by atoms with Crippen molar-refractivity contribution in [3.63, 3.8) is 0 Å². The molecule has 0 amide bonds. The number of hydrogen-bond acceptors (Lipinski definition) is 2. The highest BCUT2D eigenvalue weighted by Crippen LogP contribution is 2.12. The summed E-state index contributed by atoms with van der Waals surface area (Å²) in [5.74, 6) is 0.967. The van der Waals surface area contributed by atoms with E-state index >= 15 is 0 Å². The van der Waals surface area contributed by atoms with Gasteiger partial charge < -0.3 is 10.5 Å². The second-order valence-electron chi connectivity index (χ2n) is 2.98. The van der Waals surface area contributed by atoms with E-state index in [4.69, 9.17) is 10.5 Å². The third-order valence-electron chi connectivity index (χ3n) is 1.80. The van der Waals surface area contributed by atoms with Crippen molar-refractivity contribution in [1.29, 1.82) is 0 Å². The molecule has 0 heterocycles. The molecule has 1 rings (SSSR count). The second kappa shape index (κ2) is 9.07. The van der Waals surface area contributed by atoms with Crippen LogP contribution in [-0.2, 0) is 6.54 Å². The highest BCUT2D eigenvalue weighted by molar-refractivity contribution is 9.08. The molecule has 0 fully saturated rings. The summed E-state index contributed by atoms with van der Waals surface area (Å²) < 4.78 is 19.5. The first-order valence-electron chi connectivity index (χ1n) is 4.70. The molecule has 3 N–H and O–H groups in total. The van der Waals surface area contributed by atoms with Gasteiger partial charge in [-0.1, -0.05) is 12.1 Å². The van der Waals surface area contributed by atoms with Crippen LogP contribution in [0.15, 0.2) is 29.3 Å². The van der Waals surface area contributed by atoms with Crippen molar-refractivity contribution in [2.45, 2.75) is 6.54 Å². The van der Waals surface area contributed by atoms with Crippen molar-refractivity contribution in [3.8, 4) is 5.75 Å². The molecule has 0 radical (unpaired) electrons. The molecule has 0 aromatic heterocycles. The number of nitrogens with one attached hydrogen (secondary N) is 1. The molecule has 17 heavy (non-hydrogen) atoms. The van der Waals surface area contributed by atoms with Crippen molar-refractivity contribution >= 4 is 34.5 Å². The minimum Gasteiger partial charge on any atom is -0.491 e. The fourth-order valence-electron chi connectivity index (χ4n) is 1.05. The van der Waals surface area contributed by atoms with Gasteiger partial charge in [-0.25, -0.2) is 9.38 Å². The predicted octanol–water partition coefficient (Wildman–Crippen LogP) is 2.17. The number of hydrogen-bond donors (Lipinski definition) is 2. The molecule has 0 spiro atoms. The van der Waals surface area contributed by atoms with Crippen molar-refractivity contribution in [3.05, 3.63) is 29.8 Å². The number of guanidine groups is 1. The Bertz CT molecular complexity index is 348. The van der Waals surface area contributed by atoms with Crippen LogP contribution in [0.3, 0.4) is 0 Å². The molecule has 1 aromatic rings. The predicted molar refractivity (Wildman–Crippen MR) is 72.5 cm³/mol. The van der Waals surface area contributed by atoms with Gasteiger partial charge in [-0.2, -0.15) is 0 Å². The molecule has 1 aromatic carbocycles. The number of nitrogens with zero attached hydrogens (tertiary/aromatic N) is 1. The van der Waals surface area contributed by atoms with Crippen molar-refractivity contribution in [2.24, 2.45) is 10.7 Å². The van der Waals surface area contributed by atoms with Gasteiger partial charge in [0.1, 0.15) is 19.0 Å². The zero-order chi connectivity index (χ0) is 11.8. The fraction of sp³-hybridized carbons (Fsp3) is 0.300. The Hall–Kier alpha value is -1.01. The van der Waals surface area contributed by atoms with Gasteiger partial charge in [0, 0.05) is 16.1 Å². The largest absolute Gasteiger partial charge is 0.491 e. The Morgan fingerprint density at radius 2 is 2.06 bits per heavy atom. The average Bonchev–Trinajstić information content (AvgIpc) is 2.34. The Balaban J connectivity index is 0.00000256. The maximum atomic E-state index is 11.8. The molecule has 4 nitrogen and oxygen atoms in total. The fourth-order valence-corrected chi connectivity index (χ4v) is 1.18. The van der Waals surface area contributed by atoms with Crippen LogP contribution in [0.4, 0.5) is 4.39 Å². The van der Waals surface area contributed by atoms with Crippen LogP contribution in [0.25, 0.3) is 0 Å². The highest BCUT2D eigenvalue weighted by atomic mass is 79.9. The average molecular weight is 327 g/mol. The molecule has 7 heteroatoms. The lowest BCUT2D eigenvalue weighted by Gasteiger charge is -2.04. The number of halogens is 3. The van der Waals surface area contributed by atoms with Crippen LogP contribution in [0, 0.1) is 0 Å². The summed E-state index contributed by atoms with van der Waals surface area (Å²) >= 11 is 2.97. The van der Waals surface area contributed by atoms with Crippen LogP contribution in [0.2, 0.25) is 0 Å². The van der Waals surface area contributed by atoms with Crippen LogP contribution < -0.4 is 14.8 Å². The van der Waals surface area contributed by atoms with E-state index in [0.29, 0.717) is 18.3 Å². The van der Waals surface area contributed by atoms with Crippen LogP contribution in [0.5, 0.6) is 5.75 Å². The van der Waals surface area contributed by atoms with E-state index in [1.54, 1.807) is 12.1 Å². The van der Waals surface area contributed by atoms with Gasteiger partial charge in [-0.3, -0.25) is 4.34 Å². The molecule has 0 aliphatic heterocycles. The third kappa shape index (κ3) is 6.33. The van der Waals surface area contributed by atoms with E-state index in [1.807, 2.05) is 12.1 Å². The number of benzene rings is 1. The van der Waals surface area contributed by atoms with Crippen LogP contribution >= 0.6 is 28.6 Å². The normalized spacial score (nSPS) is 10.6. The monoisotopic (exact) mass is 325 g/mol. The Morgan fingerprint density at radius 1 is 1.41 bits per heavy atom. The quantitative estimate of drug-likeness (QED) is 0.495. The van der Waals surface area contributed by atoms with Gasteiger partial charge in [-0.15, -0.1) is 12.4 Å². The minimum atomic E-state index is -0.487. The smallest absolute Gasteiger partial charge is 0.199 e. The van der Waals surface area contributed by atoms with E-state index in [2.05, 4.69) is 25.5 Å². The maximum absolute atomic E-state index is 11.8. The zero-order valence-corrected chi connectivity index (χ0v) is 11.4. The first kappa shape index (κ1) is 16.0. The summed E-state index contributed by atoms with van der Waals surface area (Å²) in [6.45, 7) is 0.0747. The molecular formula is C10H14BrClFN3O. The summed E-state index contributed by atoms with van der Waals surface area (Å²) in [5.41, 5.74) is 6.44. The van der Waals surface area contributed by atoms with E-state index < -0.39 is 6.67 Å². The maximum Gasteiger partial charge on any atom is 0.199 e. The second-order valence-corrected chi connectivity index (χ2v) is 3.37. The van der Waals surface area contributed by atoms with Gasteiger partial charge in [-0.05, 0) is 17.7 Å². The molecule has 0 saturated carbocycles. The topological polar surface area (TPSA) is 59.6 Å². The number of alkyl halides is 1. The van der Waals surface area contributed by atoms with Crippen molar-refractivity contribution in [1.82, 2.24) is 4.34 Å². The van der Waals surface area contributed by atoms with Gasteiger partial charge in [0.15, 0.2) is 5.96 Å². The lowest BCUT2D eigenvalue weighted by atomic mass is 10.2. The van der Waals surface area contributed by atoms with E-state index in [1.165, 1.54) is 0 Å². The number of aliphatic imine (C=N–C) groups is 1. The van der Waals surface area contributed by atoms with Gasteiger partial charge in [0.2, 0.25) is 0 Å². The Labute approximate surface area is 114 Å². The van der Waals surface area contributed by atoms with Crippen molar-refractivity contribution < 1.29 is 9.13 Å². The lowest BCUT2D eigenvalue weighted by molar-refractivity contribution is 0.273. The molecule has 96 valence electrons. The highest BCUT2D eigenvalue weighted by Gasteiger charge is 1.95. The lowest BCUT2D eigenvalue weighted by Crippen LogP contribution is -2.23. The van der Waals surface area contributed by atoms with Gasteiger partial charge in [0.05, 0.1) is 6.54 Å². The van der Waals surface area contributed by atoms with Gasteiger partial charge in [0.25, 0.3) is 0 Å². The standard InChI is InChI=1S/C10H13BrFN3O.ClH/c11-15-10(13)14-7-8-1-3-9(4-2-8)16-6-5-12;/h1-4H,5-7H2,(H3,13,14,15);1H. The zero-order valence-electron chi connectivity index (χ0n) is 9.03. The first-order chi connectivity index (χ1) is 7.76. The summed E-state index contributed by atoms with van der Waals surface area (Å²) in [6.07, 6.45) is 0. The van der Waals surface area contributed by atoms with E-state index in [9.17, 15) is 4.39 Å². The summed E-state index contributed by atoms with van der Waals surface area (Å²) in [6, 6.07) is 7.27. The van der Waals surface area contributed by atoms with Crippen LogP contribution in [-0.4, -0.2) is 19.2 Å². The Morgan fingerprint density at radius 3 is 2.59 bits per heavy atom. The molecule has 0 atom stereocenters. The molecule has 0 saturated heterocycles. The molecule has 0 aliphatic rings. The molecule has 0 bridgehead atoms. The Kier molecular flexibility index (Phi) is 8.53. The van der Waals surface area contributed by atoms with E-state index in [0.717, 1.165) is 5.56 Å². The number of ether oxygens (including phenoxy) is 1. The molecular weight excluding hydrogens is 312 g/mol. The van der Waals surface area contributed by atoms with E-state index in [-0.39, 0.29) is 19.0 Å². The minimum absolute atomic E-state index is 0. The molecule has 0 aliphatic carbocycles. The first-order valence-corrected chi connectivity index (χ1v) is 5.50. The van der Waals surface area contributed by atoms with Gasteiger partial charge >= 0.3 is 0 Å². The molecule has 0 unspecified atom stereocenters. The third-order valence-corrected chi connectivity index (χ3v) is 2.20. The number of rotatable bonds is 5. The van der Waals surface area contributed by atoms with Crippen molar-refractivity contribution in [2.75, 3.05) is 13.3 Å². The van der Waals surface area contributed by atoms with Crippen LogP contribution in [0.1, 0.15) is 5.56 Å². The summed E-state index contributed by atoms with van der Waals surface area (Å²) in [5, 5.41) is 0. The SMILES string of the molecule is Cl.NC(=NCc1ccc(OCCF)cc1)NBr. The summed E-state index contributed by atoms with van der Waals surface area (Å²) in [7, 11) is 0. The summed E-state index contributed by atoms with van der Waals surface area (Å²) in [4.78, 5) is 4.04.